The molecule has 0 aliphatic carbocycles. The first kappa shape index (κ1) is 13.9. The van der Waals surface area contributed by atoms with Crippen molar-refractivity contribution in [2.75, 3.05) is 6.54 Å². The van der Waals surface area contributed by atoms with E-state index in [1.807, 2.05) is 30.3 Å². The number of benzene rings is 2. The van der Waals surface area contributed by atoms with Gasteiger partial charge in [0.05, 0.1) is 18.3 Å². The highest BCUT2D eigenvalue weighted by Gasteiger charge is 2.16. The van der Waals surface area contributed by atoms with E-state index < -0.39 is 6.10 Å². The minimum absolute atomic E-state index is 0.264. The maximum atomic E-state index is 10.0. The zero-order valence-corrected chi connectivity index (χ0v) is 12.2. The van der Waals surface area contributed by atoms with Gasteiger partial charge in [-0.2, -0.15) is 0 Å². The van der Waals surface area contributed by atoms with Crippen LogP contribution in [0.15, 0.2) is 54.6 Å². The maximum Gasteiger partial charge on any atom is 0.0841 e. The summed E-state index contributed by atoms with van der Waals surface area (Å²) in [4.78, 5) is 0. The monoisotopic (exact) mass is 280 g/mol. The molecule has 0 amide bonds. The Hall–Kier alpha value is -2.10. The van der Waals surface area contributed by atoms with Crippen molar-refractivity contribution in [2.45, 2.75) is 19.6 Å². The van der Waals surface area contributed by atoms with Gasteiger partial charge >= 0.3 is 0 Å². The molecule has 0 aliphatic heterocycles. The highest BCUT2D eigenvalue weighted by atomic mass is 16.3. The summed E-state index contributed by atoms with van der Waals surface area (Å²) in [6, 6.07) is 18.6. The normalized spacial score (nSPS) is 12.7. The second-order valence-corrected chi connectivity index (χ2v) is 5.36. The van der Waals surface area contributed by atoms with E-state index >= 15 is 0 Å². The van der Waals surface area contributed by atoms with Crippen molar-refractivity contribution in [1.82, 2.24) is 4.57 Å². The topological polar surface area (TPSA) is 51.2 Å². The van der Waals surface area contributed by atoms with Crippen LogP contribution in [0.2, 0.25) is 0 Å². The summed E-state index contributed by atoms with van der Waals surface area (Å²) in [6.45, 7) is 2.91. The molecule has 0 radical (unpaired) electrons. The molecule has 108 valence electrons. The molecule has 1 atom stereocenters. The molecular weight excluding hydrogens is 260 g/mol. The molecular formula is C18H20N2O. The molecule has 3 N–H and O–H groups in total. The van der Waals surface area contributed by atoms with Crippen molar-refractivity contribution in [3.05, 3.63) is 60.2 Å². The van der Waals surface area contributed by atoms with Crippen LogP contribution in [-0.4, -0.2) is 22.3 Å². The fraction of sp³-hybridized carbons (Fsp3) is 0.222. The summed E-state index contributed by atoms with van der Waals surface area (Å²) >= 11 is 0. The molecule has 0 bridgehead atoms. The predicted octanol–water partition coefficient (Wildman–Crippen LogP) is 2.94. The SMILES string of the molecule is Cc1c(-c2ccccc2)n(C[C@H](O)CN)c2ccccc12. The number of aryl methyl sites for hydroxylation is 1. The van der Waals surface area contributed by atoms with Gasteiger partial charge in [-0.25, -0.2) is 0 Å². The second kappa shape index (κ2) is 5.72. The minimum Gasteiger partial charge on any atom is -0.390 e. The summed E-state index contributed by atoms with van der Waals surface area (Å²) in [7, 11) is 0. The lowest BCUT2D eigenvalue weighted by Crippen LogP contribution is -2.25. The molecule has 2 aromatic carbocycles. The molecule has 3 rings (SSSR count). The smallest absolute Gasteiger partial charge is 0.0841 e. The number of para-hydroxylation sites is 1. The third kappa shape index (κ3) is 2.46. The first-order valence-electron chi connectivity index (χ1n) is 7.23. The van der Waals surface area contributed by atoms with Crippen LogP contribution in [-0.2, 0) is 6.54 Å². The number of nitrogens with zero attached hydrogens (tertiary/aromatic N) is 1. The highest BCUT2D eigenvalue weighted by molar-refractivity contribution is 5.91. The molecule has 21 heavy (non-hydrogen) atoms. The average Bonchev–Trinajstić information content (AvgIpc) is 2.81. The van der Waals surface area contributed by atoms with Crippen molar-refractivity contribution in [3.63, 3.8) is 0 Å². The lowest BCUT2D eigenvalue weighted by atomic mass is 10.1. The minimum atomic E-state index is -0.539. The average molecular weight is 280 g/mol. The Morgan fingerprint density at radius 1 is 1.05 bits per heavy atom. The van der Waals surface area contributed by atoms with E-state index in [1.165, 1.54) is 10.9 Å². The highest BCUT2D eigenvalue weighted by Crippen LogP contribution is 2.33. The fourth-order valence-corrected chi connectivity index (χ4v) is 2.92. The lowest BCUT2D eigenvalue weighted by Gasteiger charge is -2.15. The molecule has 1 heterocycles. The summed E-state index contributed by atoms with van der Waals surface area (Å²) in [5.74, 6) is 0. The van der Waals surface area contributed by atoms with E-state index in [1.54, 1.807) is 0 Å². The Bertz CT molecular complexity index is 747. The number of rotatable bonds is 4. The lowest BCUT2D eigenvalue weighted by molar-refractivity contribution is 0.164. The molecule has 0 saturated heterocycles. The van der Waals surface area contributed by atoms with Crippen LogP contribution >= 0.6 is 0 Å². The van der Waals surface area contributed by atoms with Crippen molar-refractivity contribution < 1.29 is 5.11 Å². The number of aromatic nitrogens is 1. The van der Waals surface area contributed by atoms with Gasteiger partial charge in [0.15, 0.2) is 0 Å². The summed E-state index contributed by atoms with van der Waals surface area (Å²) < 4.78 is 2.18. The summed E-state index contributed by atoms with van der Waals surface area (Å²) in [5.41, 5.74) is 10.3. The van der Waals surface area contributed by atoms with E-state index in [-0.39, 0.29) is 6.54 Å². The molecule has 0 fully saturated rings. The fourth-order valence-electron chi connectivity index (χ4n) is 2.92. The Labute approximate surface area is 124 Å². The summed E-state index contributed by atoms with van der Waals surface area (Å²) in [6.07, 6.45) is -0.539. The van der Waals surface area contributed by atoms with Gasteiger partial charge in [-0.05, 0) is 24.1 Å². The van der Waals surface area contributed by atoms with Gasteiger partial charge < -0.3 is 15.4 Å². The number of aliphatic hydroxyl groups excluding tert-OH is 1. The van der Waals surface area contributed by atoms with Crippen LogP contribution < -0.4 is 5.73 Å². The number of hydrogen-bond donors (Lipinski definition) is 2. The van der Waals surface area contributed by atoms with E-state index in [0.717, 1.165) is 16.8 Å². The molecule has 1 aromatic heterocycles. The van der Waals surface area contributed by atoms with E-state index in [9.17, 15) is 5.11 Å². The first-order chi connectivity index (χ1) is 10.2. The Morgan fingerprint density at radius 3 is 2.43 bits per heavy atom. The zero-order chi connectivity index (χ0) is 14.8. The molecule has 0 aliphatic rings. The van der Waals surface area contributed by atoms with E-state index in [2.05, 4.69) is 35.8 Å². The first-order valence-corrected chi connectivity index (χ1v) is 7.23. The molecule has 3 nitrogen and oxygen atoms in total. The molecule has 0 saturated carbocycles. The van der Waals surface area contributed by atoms with Gasteiger partial charge in [-0.3, -0.25) is 0 Å². The van der Waals surface area contributed by atoms with Crippen LogP contribution in [0.4, 0.5) is 0 Å². The zero-order valence-electron chi connectivity index (χ0n) is 12.2. The van der Waals surface area contributed by atoms with Gasteiger partial charge in [0.25, 0.3) is 0 Å². The Balaban J connectivity index is 2.26. The number of aliphatic hydroxyl groups is 1. The van der Waals surface area contributed by atoms with Crippen molar-refractivity contribution in [2.24, 2.45) is 5.73 Å². The van der Waals surface area contributed by atoms with Crippen molar-refractivity contribution >= 4 is 10.9 Å². The predicted molar refractivity (Wildman–Crippen MR) is 87.2 cm³/mol. The van der Waals surface area contributed by atoms with Crippen LogP contribution in [0.1, 0.15) is 5.56 Å². The number of fused-ring (bicyclic) bond motifs is 1. The van der Waals surface area contributed by atoms with Crippen molar-refractivity contribution in [1.29, 1.82) is 0 Å². The third-order valence-electron chi connectivity index (χ3n) is 3.94. The molecule has 3 aromatic rings. The quantitative estimate of drug-likeness (QED) is 0.772. The van der Waals surface area contributed by atoms with Gasteiger partial charge in [-0.1, -0.05) is 48.5 Å². The van der Waals surface area contributed by atoms with Gasteiger partial charge in [0, 0.05) is 17.4 Å². The number of hydrogen-bond acceptors (Lipinski definition) is 2. The molecule has 0 spiro atoms. The van der Waals surface area contributed by atoms with E-state index in [0.29, 0.717) is 6.54 Å². The maximum absolute atomic E-state index is 10.0. The molecule has 3 heteroatoms. The van der Waals surface area contributed by atoms with Gasteiger partial charge in [0.2, 0.25) is 0 Å². The summed E-state index contributed by atoms with van der Waals surface area (Å²) in [5, 5.41) is 11.2. The van der Waals surface area contributed by atoms with Gasteiger partial charge in [0.1, 0.15) is 0 Å². The third-order valence-corrected chi connectivity index (χ3v) is 3.94. The van der Waals surface area contributed by atoms with Crippen molar-refractivity contribution in [3.8, 4) is 11.3 Å². The van der Waals surface area contributed by atoms with Crippen LogP contribution in [0.25, 0.3) is 22.2 Å². The Kier molecular flexibility index (Phi) is 3.78. The standard InChI is InChI=1S/C18H20N2O/c1-13-16-9-5-6-10-17(16)20(12-15(21)11-19)18(13)14-7-3-2-4-8-14/h2-10,15,21H,11-12,19H2,1H3/t15-/m1/s1. The Morgan fingerprint density at radius 2 is 1.71 bits per heavy atom. The largest absolute Gasteiger partial charge is 0.390 e. The van der Waals surface area contributed by atoms with E-state index in [4.69, 9.17) is 5.73 Å². The second-order valence-electron chi connectivity index (χ2n) is 5.36. The van der Waals surface area contributed by atoms with Crippen LogP contribution in [0.3, 0.4) is 0 Å². The van der Waals surface area contributed by atoms with Gasteiger partial charge in [-0.15, -0.1) is 0 Å². The molecule has 0 unspecified atom stereocenters. The van der Waals surface area contributed by atoms with Crippen LogP contribution in [0.5, 0.6) is 0 Å². The van der Waals surface area contributed by atoms with Crippen LogP contribution in [0, 0.1) is 6.92 Å². The number of nitrogens with two attached hydrogens (primary N) is 1.